The van der Waals surface area contributed by atoms with Crippen LogP contribution in [0.3, 0.4) is 0 Å². The highest BCUT2D eigenvalue weighted by Crippen LogP contribution is 2.23. The van der Waals surface area contributed by atoms with Crippen molar-refractivity contribution in [3.8, 4) is 0 Å². The van der Waals surface area contributed by atoms with Gasteiger partial charge in [0.05, 0.1) is 10.8 Å². The fraction of sp³-hybridized carbons (Fsp3) is 0.217. The summed E-state index contributed by atoms with van der Waals surface area (Å²) in [4.78, 5) is 16.5. The lowest BCUT2D eigenvalue weighted by Gasteiger charge is -2.19. The molecule has 32 heavy (non-hydrogen) atoms. The lowest BCUT2D eigenvalue weighted by Crippen LogP contribution is -2.18. The van der Waals surface area contributed by atoms with Crippen molar-refractivity contribution in [3.63, 3.8) is 0 Å². The fourth-order valence-corrected chi connectivity index (χ4v) is 4.23. The van der Waals surface area contributed by atoms with Crippen LogP contribution in [-0.2, 0) is 21.2 Å². The number of pyridine rings is 1. The first kappa shape index (κ1) is 23.7. The number of carbonyl (C=O) groups is 1. The van der Waals surface area contributed by atoms with Crippen molar-refractivity contribution in [2.75, 3.05) is 10.0 Å². The van der Waals surface area contributed by atoms with E-state index in [0.717, 1.165) is 11.6 Å². The van der Waals surface area contributed by atoms with Gasteiger partial charge in [-0.3, -0.25) is 9.52 Å². The maximum atomic E-state index is 13.3. The smallest absolute Gasteiger partial charge is 0.255 e. The van der Waals surface area contributed by atoms with E-state index in [1.54, 1.807) is 12.1 Å². The minimum atomic E-state index is -3.75. The summed E-state index contributed by atoms with van der Waals surface area (Å²) in [6, 6.07) is 13.9. The maximum Gasteiger partial charge on any atom is 0.255 e. The highest BCUT2D eigenvalue weighted by molar-refractivity contribution is 7.91. The second kappa shape index (κ2) is 9.26. The van der Waals surface area contributed by atoms with Crippen LogP contribution in [0, 0.1) is 5.82 Å². The first-order valence-electron chi connectivity index (χ1n) is 9.75. The van der Waals surface area contributed by atoms with E-state index in [9.17, 15) is 17.6 Å². The number of halogens is 2. The van der Waals surface area contributed by atoms with Crippen LogP contribution < -0.4 is 10.0 Å². The van der Waals surface area contributed by atoms with E-state index >= 15 is 0 Å². The van der Waals surface area contributed by atoms with Gasteiger partial charge in [0.1, 0.15) is 11.6 Å². The molecule has 2 aromatic carbocycles. The Kier molecular flexibility index (Phi) is 6.85. The lowest BCUT2D eigenvalue weighted by molar-refractivity contribution is 0.102. The van der Waals surface area contributed by atoms with Gasteiger partial charge >= 0.3 is 0 Å². The number of amides is 1. The number of sulfonamides is 1. The van der Waals surface area contributed by atoms with E-state index in [1.807, 2.05) is 12.1 Å². The molecule has 0 saturated carbocycles. The topological polar surface area (TPSA) is 88.2 Å². The van der Waals surface area contributed by atoms with Gasteiger partial charge in [-0.15, -0.1) is 0 Å². The van der Waals surface area contributed by atoms with Gasteiger partial charge < -0.3 is 5.32 Å². The van der Waals surface area contributed by atoms with Crippen molar-refractivity contribution in [2.45, 2.75) is 31.9 Å². The number of nitrogens with zero attached hydrogens (tertiary/aromatic N) is 1. The summed E-state index contributed by atoms with van der Waals surface area (Å²) in [5.74, 6) is -1.34. The Morgan fingerprint density at radius 3 is 2.38 bits per heavy atom. The van der Waals surface area contributed by atoms with E-state index < -0.39 is 21.7 Å². The van der Waals surface area contributed by atoms with Crippen LogP contribution in [0.2, 0.25) is 5.02 Å². The normalized spacial score (nSPS) is 11.8. The Balaban J connectivity index is 1.70. The van der Waals surface area contributed by atoms with E-state index in [-0.39, 0.29) is 27.6 Å². The number of hydrogen-bond donors (Lipinski definition) is 2. The number of hydrogen-bond acceptors (Lipinski definition) is 4. The maximum absolute atomic E-state index is 13.3. The third-order valence-electron chi connectivity index (χ3n) is 4.64. The Hall–Kier alpha value is -2.97. The molecule has 3 rings (SSSR count). The highest BCUT2D eigenvalue weighted by Gasteiger charge is 2.17. The zero-order valence-electron chi connectivity index (χ0n) is 17.8. The van der Waals surface area contributed by atoms with Gasteiger partial charge in [-0.25, -0.2) is 17.8 Å². The fourth-order valence-electron chi connectivity index (χ4n) is 2.92. The minimum absolute atomic E-state index is 0.0149. The molecule has 0 unspecified atom stereocenters. The number of nitrogens with one attached hydrogen (secondary N) is 2. The van der Waals surface area contributed by atoms with Gasteiger partial charge in [0.25, 0.3) is 5.91 Å². The summed E-state index contributed by atoms with van der Waals surface area (Å²) >= 11 is 5.73. The van der Waals surface area contributed by atoms with E-state index in [0.29, 0.717) is 11.3 Å². The van der Waals surface area contributed by atoms with Crippen LogP contribution >= 0.6 is 11.6 Å². The molecule has 1 aromatic heterocycles. The van der Waals surface area contributed by atoms with Crippen molar-refractivity contribution in [3.05, 3.63) is 88.3 Å². The molecule has 9 heteroatoms. The number of aromatic nitrogens is 1. The van der Waals surface area contributed by atoms with Crippen molar-refractivity contribution in [2.24, 2.45) is 0 Å². The van der Waals surface area contributed by atoms with Crippen LogP contribution in [0.5, 0.6) is 0 Å². The van der Waals surface area contributed by atoms with Crippen LogP contribution in [0.4, 0.5) is 15.9 Å². The highest BCUT2D eigenvalue weighted by atomic mass is 35.5. The molecule has 1 heterocycles. The molecule has 0 aliphatic heterocycles. The third kappa shape index (κ3) is 6.27. The number of carbonyl (C=O) groups excluding carboxylic acids is 1. The molecular formula is C23H23ClFN3O3S. The second-order valence-corrected chi connectivity index (χ2v) is 10.5. The Morgan fingerprint density at radius 2 is 1.75 bits per heavy atom. The van der Waals surface area contributed by atoms with Gasteiger partial charge in [0, 0.05) is 17.4 Å². The predicted molar refractivity (Wildman–Crippen MR) is 125 cm³/mol. The molecule has 3 aromatic rings. The number of anilines is 2. The average Bonchev–Trinajstić information content (AvgIpc) is 2.70. The molecule has 2 N–H and O–H groups in total. The van der Waals surface area contributed by atoms with Crippen LogP contribution in [0.1, 0.15) is 42.3 Å². The zero-order valence-corrected chi connectivity index (χ0v) is 19.4. The molecule has 0 spiro atoms. The van der Waals surface area contributed by atoms with E-state index in [1.165, 1.54) is 30.5 Å². The monoisotopic (exact) mass is 475 g/mol. The summed E-state index contributed by atoms with van der Waals surface area (Å²) < 4.78 is 40.9. The predicted octanol–water partition coefficient (Wildman–Crippen LogP) is 5.37. The summed E-state index contributed by atoms with van der Waals surface area (Å²) in [6.45, 7) is 6.25. The van der Waals surface area contributed by atoms with Crippen molar-refractivity contribution in [1.82, 2.24) is 4.98 Å². The lowest BCUT2D eigenvalue weighted by atomic mass is 9.87. The van der Waals surface area contributed by atoms with E-state index in [4.69, 9.17) is 11.6 Å². The van der Waals surface area contributed by atoms with Crippen molar-refractivity contribution < 1.29 is 17.6 Å². The van der Waals surface area contributed by atoms with Gasteiger partial charge in [0.15, 0.2) is 0 Å². The zero-order chi connectivity index (χ0) is 23.5. The largest absolute Gasteiger partial charge is 0.322 e. The molecule has 0 fully saturated rings. The summed E-state index contributed by atoms with van der Waals surface area (Å²) in [5, 5.41) is 2.45. The van der Waals surface area contributed by atoms with Crippen LogP contribution in [0.15, 0.2) is 60.8 Å². The van der Waals surface area contributed by atoms with Crippen LogP contribution in [0.25, 0.3) is 0 Å². The first-order chi connectivity index (χ1) is 14.9. The SMILES string of the molecule is CC(C)(C)c1ccc(CS(=O)(=O)Nc2cc(C(=O)Nc3ccc(F)c(Cl)c3)ccn2)cc1. The van der Waals surface area contributed by atoms with Gasteiger partial charge in [-0.1, -0.05) is 56.6 Å². The molecule has 6 nitrogen and oxygen atoms in total. The molecule has 0 bridgehead atoms. The van der Waals surface area contributed by atoms with Crippen molar-refractivity contribution >= 4 is 39.0 Å². The Bertz CT molecular complexity index is 1240. The van der Waals surface area contributed by atoms with E-state index in [2.05, 4.69) is 35.8 Å². The summed E-state index contributed by atoms with van der Waals surface area (Å²) in [6.07, 6.45) is 1.32. The summed E-state index contributed by atoms with van der Waals surface area (Å²) in [7, 11) is -3.75. The third-order valence-corrected chi connectivity index (χ3v) is 6.16. The quantitative estimate of drug-likeness (QED) is 0.502. The molecule has 0 atom stereocenters. The van der Waals surface area contributed by atoms with Gasteiger partial charge in [-0.2, -0.15) is 0 Å². The Morgan fingerprint density at radius 1 is 1.06 bits per heavy atom. The summed E-state index contributed by atoms with van der Waals surface area (Å²) in [5.41, 5.74) is 2.19. The Labute approximate surface area is 191 Å². The molecule has 168 valence electrons. The molecular weight excluding hydrogens is 453 g/mol. The molecule has 0 saturated heterocycles. The second-order valence-electron chi connectivity index (χ2n) is 8.32. The van der Waals surface area contributed by atoms with Crippen LogP contribution in [-0.4, -0.2) is 19.3 Å². The molecule has 0 aliphatic rings. The van der Waals surface area contributed by atoms with Gasteiger partial charge in [-0.05, 0) is 46.9 Å². The standard InChI is InChI=1S/C23H23ClFN3O3S/c1-23(2,3)17-6-4-15(5-7-17)14-32(30,31)28-21-12-16(10-11-26-21)22(29)27-18-8-9-20(25)19(24)13-18/h4-13H,14H2,1-3H3,(H,26,28)(H,27,29). The molecule has 0 aliphatic carbocycles. The number of rotatable bonds is 6. The average molecular weight is 476 g/mol. The van der Waals surface area contributed by atoms with Crippen molar-refractivity contribution in [1.29, 1.82) is 0 Å². The number of benzene rings is 2. The van der Waals surface area contributed by atoms with Gasteiger partial charge in [0.2, 0.25) is 10.0 Å². The first-order valence-corrected chi connectivity index (χ1v) is 11.8. The minimum Gasteiger partial charge on any atom is -0.322 e. The molecule has 0 radical (unpaired) electrons. The molecule has 1 amide bonds.